The number of para-hydroxylation sites is 1. The smallest absolute Gasteiger partial charge is 0.271 e. The molecule has 0 saturated heterocycles. The SMILES string of the molecule is O=[N+]([O-])c1cc(Br)c(O)c(/C=N\Nc2cccc3cccnc23)c1. The van der Waals surface area contributed by atoms with Crippen molar-refractivity contribution in [2.24, 2.45) is 5.10 Å². The zero-order valence-corrected chi connectivity index (χ0v) is 13.8. The van der Waals surface area contributed by atoms with Gasteiger partial charge in [0.15, 0.2) is 0 Å². The van der Waals surface area contributed by atoms with Crippen LogP contribution in [0.2, 0.25) is 0 Å². The highest BCUT2D eigenvalue weighted by Gasteiger charge is 2.13. The lowest BCUT2D eigenvalue weighted by atomic mass is 10.2. The first-order valence-corrected chi connectivity index (χ1v) is 7.65. The first-order valence-electron chi connectivity index (χ1n) is 6.86. The average Bonchev–Trinajstić information content (AvgIpc) is 2.58. The van der Waals surface area contributed by atoms with Crippen LogP contribution in [0.15, 0.2) is 58.2 Å². The Morgan fingerprint density at radius 1 is 1.29 bits per heavy atom. The van der Waals surface area contributed by atoms with E-state index in [1.807, 2.05) is 30.3 Å². The van der Waals surface area contributed by atoms with Gasteiger partial charge < -0.3 is 5.11 Å². The van der Waals surface area contributed by atoms with Crippen LogP contribution in [-0.2, 0) is 0 Å². The Labute approximate surface area is 144 Å². The van der Waals surface area contributed by atoms with Crippen molar-refractivity contribution < 1.29 is 10.0 Å². The highest BCUT2D eigenvalue weighted by Crippen LogP contribution is 2.31. The highest BCUT2D eigenvalue weighted by molar-refractivity contribution is 9.10. The molecule has 0 aliphatic carbocycles. The van der Waals surface area contributed by atoms with E-state index in [0.717, 1.165) is 10.9 Å². The quantitative estimate of drug-likeness (QED) is 0.400. The summed E-state index contributed by atoms with van der Waals surface area (Å²) in [5, 5.41) is 25.9. The van der Waals surface area contributed by atoms with Gasteiger partial charge in [0.2, 0.25) is 0 Å². The molecule has 1 heterocycles. The van der Waals surface area contributed by atoms with Crippen LogP contribution in [0, 0.1) is 10.1 Å². The number of hydrazone groups is 1. The topological polar surface area (TPSA) is 101 Å². The van der Waals surface area contributed by atoms with Crippen LogP contribution in [0.1, 0.15) is 5.56 Å². The molecule has 3 aromatic rings. The molecule has 0 amide bonds. The molecular weight excluding hydrogens is 376 g/mol. The van der Waals surface area contributed by atoms with Gasteiger partial charge in [0.25, 0.3) is 5.69 Å². The van der Waals surface area contributed by atoms with E-state index in [-0.39, 0.29) is 21.5 Å². The molecule has 7 nitrogen and oxygen atoms in total. The molecule has 1 aromatic heterocycles. The maximum atomic E-state index is 10.9. The van der Waals surface area contributed by atoms with Crippen LogP contribution >= 0.6 is 15.9 Å². The van der Waals surface area contributed by atoms with E-state index in [1.54, 1.807) is 6.20 Å². The van der Waals surface area contributed by atoms with Gasteiger partial charge >= 0.3 is 0 Å². The Hall–Kier alpha value is -3.00. The van der Waals surface area contributed by atoms with Crippen molar-refractivity contribution in [3.05, 3.63) is 68.8 Å². The minimum atomic E-state index is -0.538. The maximum Gasteiger partial charge on any atom is 0.271 e. The average molecular weight is 387 g/mol. The van der Waals surface area contributed by atoms with Crippen LogP contribution in [-0.4, -0.2) is 21.2 Å². The minimum Gasteiger partial charge on any atom is -0.506 e. The fourth-order valence-corrected chi connectivity index (χ4v) is 2.64. The van der Waals surface area contributed by atoms with Crippen molar-refractivity contribution in [3.8, 4) is 5.75 Å². The third-order valence-electron chi connectivity index (χ3n) is 3.31. The van der Waals surface area contributed by atoms with Gasteiger partial charge in [0, 0.05) is 29.3 Å². The number of rotatable bonds is 4. The second kappa shape index (κ2) is 6.63. The van der Waals surface area contributed by atoms with E-state index in [9.17, 15) is 15.2 Å². The summed E-state index contributed by atoms with van der Waals surface area (Å²) in [7, 11) is 0. The summed E-state index contributed by atoms with van der Waals surface area (Å²) in [5.74, 6) is -0.123. The van der Waals surface area contributed by atoms with Crippen LogP contribution in [0.5, 0.6) is 5.75 Å². The number of non-ortho nitro benzene ring substituents is 1. The monoisotopic (exact) mass is 386 g/mol. The van der Waals surface area contributed by atoms with Gasteiger partial charge in [-0.05, 0) is 28.1 Å². The van der Waals surface area contributed by atoms with Crippen molar-refractivity contribution >= 4 is 44.4 Å². The summed E-state index contributed by atoms with van der Waals surface area (Å²) in [4.78, 5) is 14.6. The predicted octanol–water partition coefficient (Wildman–Crippen LogP) is 4.06. The van der Waals surface area contributed by atoms with Crippen molar-refractivity contribution in [2.45, 2.75) is 0 Å². The number of phenolic OH excluding ortho intramolecular Hbond substituents is 1. The van der Waals surface area contributed by atoms with E-state index in [0.29, 0.717) is 5.69 Å². The molecule has 0 atom stereocenters. The molecule has 120 valence electrons. The molecule has 24 heavy (non-hydrogen) atoms. The number of aromatic nitrogens is 1. The number of anilines is 1. The lowest BCUT2D eigenvalue weighted by molar-refractivity contribution is -0.385. The van der Waals surface area contributed by atoms with Gasteiger partial charge in [0.05, 0.1) is 26.8 Å². The van der Waals surface area contributed by atoms with E-state index in [4.69, 9.17) is 0 Å². The number of fused-ring (bicyclic) bond motifs is 1. The third kappa shape index (κ3) is 3.18. The number of hydrogen-bond donors (Lipinski definition) is 2. The Kier molecular flexibility index (Phi) is 4.39. The second-order valence-electron chi connectivity index (χ2n) is 4.87. The van der Waals surface area contributed by atoms with Crippen LogP contribution in [0.3, 0.4) is 0 Å². The Balaban J connectivity index is 1.90. The maximum absolute atomic E-state index is 10.9. The number of halogens is 1. The Morgan fingerprint density at radius 2 is 2.08 bits per heavy atom. The molecule has 0 aliphatic heterocycles. The molecule has 0 spiro atoms. The number of nitrogens with zero attached hydrogens (tertiary/aromatic N) is 3. The molecule has 0 radical (unpaired) electrons. The summed E-state index contributed by atoms with van der Waals surface area (Å²) in [6.45, 7) is 0. The first-order chi connectivity index (χ1) is 11.6. The van der Waals surface area contributed by atoms with Gasteiger partial charge in [-0.1, -0.05) is 18.2 Å². The number of nitro benzene ring substituents is 1. The van der Waals surface area contributed by atoms with Gasteiger partial charge in [-0.2, -0.15) is 5.10 Å². The lowest BCUT2D eigenvalue weighted by Crippen LogP contribution is -1.95. The molecule has 2 N–H and O–H groups in total. The molecule has 0 aliphatic rings. The van der Waals surface area contributed by atoms with E-state index in [1.165, 1.54) is 18.3 Å². The standard InChI is InChI=1S/C16H11BrN4O3/c17-13-8-12(21(23)24)7-11(16(13)22)9-19-20-14-5-1-3-10-4-2-6-18-15(10)14/h1-9,20,22H/b19-9-. The summed E-state index contributed by atoms with van der Waals surface area (Å²) in [6, 6.07) is 11.9. The molecule has 0 bridgehead atoms. The zero-order valence-electron chi connectivity index (χ0n) is 12.2. The molecule has 0 fully saturated rings. The molecule has 2 aromatic carbocycles. The van der Waals surface area contributed by atoms with Gasteiger partial charge in [-0.3, -0.25) is 20.5 Å². The molecule has 0 unspecified atom stereocenters. The van der Waals surface area contributed by atoms with E-state index < -0.39 is 4.92 Å². The molecule has 8 heteroatoms. The highest BCUT2D eigenvalue weighted by atomic mass is 79.9. The Bertz CT molecular complexity index is 954. The fraction of sp³-hybridized carbons (Fsp3) is 0. The normalized spacial score (nSPS) is 11.0. The molecular formula is C16H11BrN4O3. The van der Waals surface area contributed by atoms with Gasteiger partial charge in [-0.15, -0.1) is 0 Å². The number of hydrogen-bond acceptors (Lipinski definition) is 6. The van der Waals surface area contributed by atoms with Crippen molar-refractivity contribution in [2.75, 3.05) is 5.43 Å². The number of aromatic hydroxyl groups is 1. The fourth-order valence-electron chi connectivity index (χ4n) is 2.18. The summed E-state index contributed by atoms with van der Waals surface area (Å²) >= 11 is 3.09. The third-order valence-corrected chi connectivity index (χ3v) is 3.91. The molecule has 3 rings (SSSR count). The number of nitro groups is 1. The van der Waals surface area contributed by atoms with E-state index in [2.05, 4.69) is 31.4 Å². The van der Waals surface area contributed by atoms with Crippen molar-refractivity contribution in [1.29, 1.82) is 0 Å². The number of nitrogens with one attached hydrogen (secondary N) is 1. The summed E-state index contributed by atoms with van der Waals surface area (Å²) in [5.41, 5.74) is 4.36. The van der Waals surface area contributed by atoms with Gasteiger partial charge in [0.1, 0.15) is 5.75 Å². The largest absolute Gasteiger partial charge is 0.506 e. The lowest BCUT2D eigenvalue weighted by Gasteiger charge is -2.05. The van der Waals surface area contributed by atoms with Crippen LogP contribution in [0.25, 0.3) is 10.9 Å². The number of phenols is 1. The Morgan fingerprint density at radius 3 is 2.88 bits per heavy atom. The first kappa shape index (κ1) is 15.9. The van der Waals surface area contributed by atoms with E-state index >= 15 is 0 Å². The summed E-state index contributed by atoms with van der Waals surface area (Å²) in [6.07, 6.45) is 3.00. The zero-order chi connectivity index (χ0) is 17.1. The number of benzene rings is 2. The van der Waals surface area contributed by atoms with Crippen molar-refractivity contribution in [1.82, 2.24) is 4.98 Å². The van der Waals surface area contributed by atoms with Crippen molar-refractivity contribution in [3.63, 3.8) is 0 Å². The predicted molar refractivity (Wildman–Crippen MR) is 95.4 cm³/mol. The van der Waals surface area contributed by atoms with Crippen LogP contribution < -0.4 is 5.43 Å². The summed E-state index contributed by atoms with van der Waals surface area (Å²) < 4.78 is 0.227. The second-order valence-corrected chi connectivity index (χ2v) is 5.73. The minimum absolute atomic E-state index is 0.123. The van der Waals surface area contributed by atoms with Crippen LogP contribution in [0.4, 0.5) is 11.4 Å². The van der Waals surface area contributed by atoms with Gasteiger partial charge in [-0.25, -0.2) is 0 Å². The number of pyridine rings is 1. The molecule has 0 saturated carbocycles.